The third-order valence-electron chi connectivity index (χ3n) is 4.75. The molecule has 0 aliphatic carbocycles. The molecule has 0 aromatic carbocycles. The van der Waals surface area contributed by atoms with Gasteiger partial charge in [0, 0.05) is 17.7 Å². The third kappa shape index (κ3) is 4.82. The highest BCUT2D eigenvalue weighted by Crippen LogP contribution is 2.32. The van der Waals surface area contributed by atoms with Crippen LogP contribution in [0.25, 0.3) is 0 Å². The van der Waals surface area contributed by atoms with Gasteiger partial charge >= 0.3 is 11.9 Å². The molecule has 7 nitrogen and oxygen atoms in total. The first-order valence-corrected chi connectivity index (χ1v) is 9.67. The first kappa shape index (κ1) is 20.4. The van der Waals surface area contributed by atoms with E-state index in [4.69, 9.17) is 9.47 Å². The highest BCUT2D eigenvalue weighted by atomic mass is 32.1. The molecule has 26 heavy (non-hydrogen) atoms. The largest absolute Gasteiger partial charge is 0.466 e. The first-order valence-electron chi connectivity index (χ1n) is 8.85. The summed E-state index contributed by atoms with van der Waals surface area (Å²) in [5.74, 6) is -0.774. The molecular formula is C18H27N2O5S+. The van der Waals surface area contributed by atoms with Crippen LogP contribution in [0.1, 0.15) is 40.6 Å². The Morgan fingerprint density at radius 3 is 2.46 bits per heavy atom. The number of piperidine rings is 1. The molecule has 0 unspecified atom stereocenters. The van der Waals surface area contributed by atoms with Crippen LogP contribution in [-0.4, -0.2) is 51.2 Å². The van der Waals surface area contributed by atoms with E-state index >= 15 is 0 Å². The van der Waals surface area contributed by atoms with Gasteiger partial charge in [-0.1, -0.05) is 0 Å². The molecule has 0 radical (unpaired) electrons. The zero-order chi connectivity index (χ0) is 19.3. The van der Waals surface area contributed by atoms with Crippen LogP contribution in [0.4, 0.5) is 5.00 Å². The average Bonchev–Trinajstić information content (AvgIpc) is 2.88. The van der Waals surface area contributed by atoms with Crippen LogP contribution >= 0.6 is 11.3 Å². The lowest BCUT2D eigenvalue weighted by molar-refractivity contribution is -0.897. The van der Waals surface area contributed by atoms with Crippen molar-refractivity contribution < 1.29 is 28.8 Å². The van der Waals surface area contributed by atoms with Gasteiger partial charge in [0.25, 0.3) is 5.91 Å². The summed E-state index contributed by atoms with van der Waals surface area (Å²) in [4.78, 5) is 38.3. The zero-order valence-corrected chi connectivity index (χ0v) is 16.6. The van der Waals surface area contributed by atoms with Crippen molar-refractivity contribution in [3.63, 3.8) is 0 Å². The molecule has 0 saturated carbocycles. The summed E-state index contributed by atoms with van der Waals surface area (Å²) in [6, 6.07) is 0. The molecule has 1 aromatic rings. The van der Waals surface area contributed by atoms with E-state index in [0.29, 0.717) is 23.7 Å². The minimum absolute atomic E-state index is 0.0599. The zero-order valence-electron chi connectivity index (χ0n) is 15.8. The quantitative estimate of drug-likeness (QED) is 0.715. The molecule has 1 aromatic heterocycles. The Labute approximate surface area is 157 Å². The maximum atomic E-state index is 12.4. The van der Waals surface area contributed by atoms with Crippen LogP contribution in [0.2, 0.25) is 0 Å². The summed E-state index contributed by atoms with van der Waals surface area (Å²) in [6.07, 6.45) is 1.46. The first-order chi connectivity index (χ1) is 12.4. The third-order valence-corrected chi connectivity index (χ3v) is 5.87. The predicted octanol–water partition coefficient (Wildman–Crippen LogP) is 0.948. The summed E-state index contributed by atoms with van der Waals surface area (Å²) < 4.78 is 9.89. The minimum atomic E-state index is -0.440. The maximum Gasteiger partial charge on any atom is 0.341 e. The highest BCUT2D eigenvalue weighted by molar-refractivity contribution is 7.16. The number of hydrogen-bond acceptors (Lipinski definition) is 6. The summed E-state index contributed by atoms with van der Waals surface area (Å²) in [6.45, 7) is 7.78. The maximum absolute atomic E-state index is 12.4. The molecule has 0 atom stereocenters. The Morgan fingerprint density at radius 2 is 1.88 bits per heavy atom. The van der Waals surface area contributed by atoms with Gasteiger partial charge < -0.3 is 19.7 Å². The number of esters is 2. The van der Waals surface area contributed by atoms with E-state index in [-0.39, 0.29) is 17.8 Å². The van der Waals surface area contributed by atoms with Gasteiger partial charge in [0.2, 0.25) is 0 Å². The van der Waals surface area contributed by atoms with Crippen LogP contribution in [0, 0.1) is 19.8 Å². The molecule has 1 aliphatic rings. The molecule has 1 aliphatic heterocycles. The van der Waals surface area contributed by atoms with Gasteiger partial charge in [0.1, 0.15) is 5.00 Å². The highest BCUT2D eigenvalue weighted by Gasteiger charge is 2.30. The van der Waals surface area contributed by atoms with Crippen molar-refractivity contribution in [2.45, 2.75) is 33.6 Å². The van der Waals surface area contributed by atoms with Crippen molar-refractivity contribution in [2.24, 2.45) is 5.92 Å². The van der Waals surface area contributed by atoms with Crippen LogP contribution in [0.3, 0.4) is 0 Å². The molecule has 1 fully saturated rings. The molecule has 8 heteroatoms. The second-order valence-corrected chi connectivity index (χ2v) is 7.70. The van der Waals surface area contributed by atoms with Crippen molar-refractivity contribution in [1.29, 1.82) is 0 Å². The number of likely N-dealkylation sites (tertiary alicyclic amines) is 1. The van der Waals surface area contributed by atoms with E-state index in [0.717, 1.165) is 41.3 Å². The van der Waals surface area contributed by atoms with Crippen LogP contribution < -0.4 is 10.2 Å². The molecule has 2 heterocycles. The normalized spacial score (nSPS) is 19.7. The molecule has 0 spiro atoms. The lowest BCUT2D eigenvalue weighted by Gasteiger charge is -2.27. The minimum Gasteiger partial charge on any atom is -0.466 e. The molecule has 1 amide bonds. The predicted molar refractivity (Wildman–Crippen MR) is 98.7 cm³/mol. The molecule has 144 valence electrons. The molecular weight excluding hydrogens is 356 g/mol. The number of hydrogen-bond donors (Lipinski definition) is 2. The van der Waals surface area contributed by atoms with E-state index in [9.17, 15) is 14.4 Å². The van der Waals surface area contributed by atoms with Crippen molar-refractivity contribution >= 4 is 34.2 Å². The van der Waals surface area contributed by atoms with Gasteiger partial charge in [0.05, 0.1) is 38.3 Å². The van der Waals surface area contributed by atoms with E-state index in [1.807, 2.05) is 13.8 Å². The molecule has 2 N–H and O–H groups in total. The van der Waals surface area contributed by atoms with Crippen molar-refractivity contribution in [1.82, 2.24) is 0 Å². The number of nitrogens with one attached hydrogen (secondary N) is 2. The SMILES string of the molecule is CCOC(=O)C1CC[NH+](CC(=O)Nc2sc(C)c(C)c2C(=O)OC)CC1. The monoisotopic (exact) mass is 383 g/mol. The van der Waals surface area contributed by atoms with Crippen molar-refractivity contribution in [2.75, 3.05) is 38.7 Å². The Hall–Kier alpha value is -1.93. The van der Waals surface area contributed by atoms with E-state index in [2.05, 4.69) is 5.32 Å². The number of methoxy groups -OCH3 is 1. The second kappa shape index (κ2) is 9.14. The Kier molecular flexibility index (Phi) is 7.16. The number of anilines is 1. The number of carbonyl (C=O) groups is 3. The number of amides is 1. The van der Waals surface area contributed by atoms with Crippen molar-refractivity contribution in [3.8, 4) is 0 Å². The summed E-state index contributed by atoms with van der Waals surface area (Å²) in [7, 11) is 1.33. The number of thiophene rings is 1. The average molecular weight is 383 g/mol. The summed E-state index contributed by atoms with van der Waals surface area (Å²) in [5.41, 5.74) is 1.26. The van der Waals surface area contributed by atoms with E-state index < -0.39 is 5.97 Å². The van der Waals surface area contributed by atoms with Gasteiger partial charge in [-0.05, 0) is 26.3 Å². The summed E-state index contributed by atoms with van der Waals surface area (Å²) in [5, 5.41) is 3.39. The van der Waals surface area contributed by atoms with Crippen molar-refractivity contribution in [3.05, 3.63) is 16.0 Å². The fourth-order valence-corrected chi connectivity index (χ4v) is 4.22. The smallest absolute Gasteiger partial charge is 0.341 e. The van der Waals surface area contributed by atoms with Gasteiger partial charge in [0.15, 0.2) is 6.54 Å². The Morgan fingerprint density at radius 1 is 1.23 bits per heavy atom. The number of carbonyl (C=O) groups excluding carboxylic acids is 3. The van der Waals surface area contributed by atoms with Gasteiger partial charge in [-0.2, -0.15) is 0 Å². The standard InChI is InChI=1S/C18H26N2O5S/c1-5-25-17(22)13-6-8-20(9-7-13)10-14(21)19-16-15(18(23)24-4)11(2)12(3)26-16/h13H,5-10H2,1-4H3,(H,19,21)/p+1. The molecule has 1 saturated heterocycles. The number of rotatable bonds is 6. The van der Waals surface area contributed by atoms with Gasteiger partial charge in [-0.3, -0.25) is 9.59 Å². The Bertz CT molecular complexity index is 677. The van der Waals surface area contributed by atoms with E-state index in [1.165, 1.54) is 18.4 Å². The molecule has 0 bridgehead atoms. The fourth-order valence-electron chi connectivity index (χ4n) is 3.16. The van der Waals surface area contributed by atoms with Crippen LogP contribution in [0.15, 0.2) is 0 Å². The Balaban J connectivity index is 1.91. The summed E-state index contributed by atoms with van der Waals surface area (Å²) >= 11 is 1.38. The second-order valence-electron chi connectivity index (χ2n) is 6.48. The van der Waals surface area contributed by atoms with Gasteiger partial charge in [-0.15, -0.1) is 11.3 Å². The van der Waals surface area contributed by atoms with Crippen LogP contribution in [-0.2, 0) is 19.1 Å². The lowest BCUT2D eigenvalue weighted by Crippen LogP contribution is -3.14. The topological polar surface area (TPSA) is 86.1 Å². The van der Waals surface area contributed by atoms with Crippen LogP contribution in [0.5, 0.6) is 0 Å². The van der Waals surface area contributed by atoms with E-state index in [1.54, 1.807) is 6.92 Å². The fraction of sp³-hybridized carbons (Fsp3) is 0.611. The number of quaternary nitrogens is 1. The molecule has 2 rings (SSSR count). The number of ether oxygens (including phenoxy) is 2. The lowest BCUT2D eigenvalue weighted by atomic mass is 9.97. The van der Waals surface area contributed by atoms with Gasteiger partial charge in [-0.25, -0.2) is 4.79 Å². The number of aryl methyl sites for hydroxylation is 1.